The standard InChI is InChI=1S/C13H18N2O2/c1-8-6-9(15-13(2)4-5-13)7-10(11(8)14)12(16)17-3/h6-7,15H,4-5,14H2,1-3H3. The van der Waals surface area contributed by atoms with Crippen molar-refractivity contribution in [2.24, 2.45) is 0 Å². The Bertz CT molecular complexity index is 465. The van der Waals surface area contributed by atoms with E-state index in [9.17, 15) is 4.79 Å². The Balaban J connectivity index is 2.35. The minimum Gasteiger partial charge on any atom is -0.465 e. The minimum absolute atomic E-state index is 0.177. The first-order valence-corrected chi connectivity index (χ1v) is 5.72. The van der Waals surface area contributed by atoms with Crippen LogP contribution in [0.4, 0.5) is 11.4 Å². The van der Waals surface area contributed by atoms with Crippen LogP contribution in [0.25, 0.3) is 0 Å². The summed E-state index contributed by atoms with van der Waals surface area (Å²) in [6.07, 6.45) is 2.31. The highest BCUT2D eigenvalue weighted by Crippen LogP contribution is 2.39. The molecule has 1 fully saturated rings. The number of esters is 1. The van der Waals surface area contributed by atoms with E-state index in [2.05, 4.69) is 12.2 Å². The molecule has 1 aliphatic carbocycles. The number of benzene rings is 1. The van der Waals surface area contributed by atoms with E-state index in [0.717, 1.165) is 24.1 Å². The number of nitrogens with two attached hydrogens (primary N) is 1. The molecule has 3 N–H and O–H groups in total. The molecule has 1 aromatic carbocycles. The van der Waals surface area contributed by atoms with Crippen LogP contribution in [-0.2, 0) is 4.74 Å². The molecule has 0 unspecified atom stereocenters. The number of hydrogen-bond donors (Lipinski definition) is 2. The Kier molecular flexibility index (Phi) is 2.73. The maximum Gasteiger partial charge on any atom is 0.340 e. The zero-order valence-electron chi connectivity index (χ0n) is 10.5. The first kappa shape index (κ1) is 11.8. The predicted molar refractivity (Wildman–Crippen MR) is 68.2 cm³/mol. The van der Waals surface area contributed by atoms with E-state index < -0.39 is 5.97 Å². The fraction of sp³-hybridized carbons (Fsp3) is 0.462. The summed E-state index contributed by atoms with van der Waals surface area (Å²) in [5.41, 5.74) is 8.79. The Hall–Kier alpha value is -1.71. The van der Waals surface area contributed by atoms with Gasteiger partial charge < -0.3 is 15.8 Å². The third kappa shape index (κ3) is 2.35. The highest BCUT2D eigenvalue weighted by molar-refractivity contribution is 5.97. The second kappa shape index (κ2) is 3.95. The molecular weight excluding hydrogens is 216 g/mol. The van der Waals surface area contributed by atoms with Crippen molar-refractivity contribution in [3.63, 3.8) is 0 Å². The summed E-state index contributed by atoms with van der Waals surface area (Å²) in [4.78, 5) is 11.6. The van der Waals surface area contributed by atoms with Crippen molar-refractivity contribution in [3.8, 4) is 0 Å². The lowest BCUT2D eigenvalue weighted by Crippen LogP contribution is -2.17. The van der Waals surface area contributed by atoms with Crippen LogP contribution in [0, 0.1) is 6.92 Å². The van der Waals surface area contributed by atoms with Crippen molar-refractivity contribution < 1.29 is 9.53 Å². The highest BCUT2D eigenvalue weighted by atomic mass is 16.5. The molecule has 0 radical (unpaired) electrons. The largest absolute Gasteiger partial charge is 0.465 e. The molecular formula is C13H18N2O2. The van der Waals surface area contributed by atoms with Gasteiger partial charge in [-0.05, 0) is 44.4 Å². The molecule has 0 saturated heterocycles. The van der Waals surface area contributed by atoms with E-state index in [1.54, 1.807) is 6.07 Å². The summed E-state index contributed by atoms with van der Waals surface area (Å²) in [6, 6.07) is 3.73. The smallest absolute Gasteiger partial charge is 0.340 e. The van der Waals surface area contributed by atoms with Gasteiger partial charge in [0.25, 0.3) is 0 Å². The lowest BCUT2D eigenvalue weighted by Gasteiger charge is -2.16. The number of ether oxygens (including phenoxy) is 1. The SMILES string of the molecule is COC(=O)c1cc(NC2(C)CC2)cc(C)c1N. The van der Waals surface area contributed by atoms with Crippen molar-refractivity contribution in [2.45, 2.75) is 32.2 Å². The van der Waals surface area contributed by atoms with E-state index >= 15 is 0 Å². The van der Waals surface area contributed by atoms with Crippen LogP contribution in [-0.4, -0.2) is 18.6 Å². The summed E-state index contributed by atoms with van der Waals surface area (Å²) >= 11 is 0. The van der Waals surface area contributed by atoms with Crippen molar-refractivity contribution in [2.75, 3.05) is 18.2 Å². The van der Waals surface area contributed by atoms with Crippen LogP contribution in [0.1, 0.15) is 35.7 Å². The maximum atomic E-state index is 11.6. The normalized spacial score (nSPS) is 16.4. The molecule has 4 heteroatoms. The molecule has 0 aliphatic heterocycles. The van der Waals surface area contributed by atoms with Crippen LogP contribution in [0.2, 0.25) is 0 Å². The highest BCUT2D eigenvalue weighted by Gasteiger charge is 2.37. The summed E-state index contributed by atoms with van der Waals surface area (Å²) in [7, 11) is 1.36. The molecule has 1 aliphatic rings. The topological polar surface area (TPSA) is 64.3 Å². The molecule has 1 saturated carbocycles. The first-order chi connectivity index (χ1) is 7.95. The molecule has 17 heavy (non-hydrogen) atoms. The van der Waals surface area contributed by atoms with Gasteiger partial charge in [0.15, 0.2) is 0 Å². The number of rotatable bonds is 3. The molecule has 0 amide bonds. The lowest BCUT2D eigenvalue weighted by molar-refractivity contribution is 0.0602. The Morgan fingerprint density at radius 1 is 1.47 bits per heavy atom. The Labute approximate surface area is 101 Å². The summed E-state index contributed by atoms with van der Waals surface area (Å²) in [5, 5.41) is 3.42. The van der Waals surface area contributed by atoms with Gasteiger partial charge in [-0.25, -0.2) is 4.79 Å². The second-order valence-electron chi connectivity index (χ2n) is 4.93. The fourth-order valence-electron chi connectivity index (χ4n) is 1.81. The monoisotopic (exact) mass is 234 g/mol. The van der Waals surface area contributed by atoms with Crippen molar-refractivity contribution in [3.05, 3.63) is 23.3 Å². The van der Waals surface area contributed by atoms with Crippen molar-refractivity contribution >= 4 is 17.3 Å². The average molecular weight is 234 g/mol. The van der Waals surface area contributed by atoms with Gasteiger partial charge in [0.1, 0.15) is 0 Å². The van der Waals surface area contributed by atoms with E-state index in [4.69, 9.17) is 10.5 Å². The number of nitrogens with one attached hydrogen (secondary N) is 1. The molecule has 0 spiro atoms. The van der Waals surface area contributed by atoms with Crippen molar-refractivity contribution in [1.82, 2.24) is 0 Å². The van der Waals surface area contributed by atoms with Gasteiger partial charge in [0.2, 0.25) is 0 Å². The molecule has 1 aromatic rings. The third-order valence-electron chi connectivity index (χ3n) is 3.24. The predicted octanol–water partition coefficient (Wildman–Crippen LogP) is 2.33. The van der Waals surface area contributed by atoms with Crippen molar-refractivity contribution in [1.29, 1.82) is 0 Å². The number of nitrogen functional groups attached to an aromatic ring is 1. The van der Waals surface area contributed by atoms with Gasteiger partial charge in [-0.3, -0.25) is 0 Å². The molecule has 0 aromatic heterocycles. The summed E-state index contributed by atoms with van der Waals surface area (Å²) in [6.45, 7) is 4.05. The molecule has 0 bridgehead atoms. The lowest BCUT2D eigenvalue weighted by atomic mass is 10.1. The zero-order valence-corrected chi connectivity index (χ0v) is 10.5. The van der Waals surface area contributed by atoms with Crippen LogP contribution in [0.5, 0.6) is 0 Å². The van der Waals surface area contributed by atoms with E-state index in [1.165, 1.54) is 7.11 Å². The van der Waals surface area contributed by atoms with E-state index in [1.807, 2.05) is 13.0 Å². The van der Waals surface area contributed by atoms with Gasteiger partial charge in [-0.15, -0.1) is 0 Å². The third-order valence-corrected chi connectivity index (χ3v) is 3.24. The second-order valence-corrected chi connectivity index (χ2v) is 4.93. The van der Waals surface area contributed by atoms with Crippen LogP contribution < -0.4 is 11.1 Å². The Morgan fingerprint density at radius 3 is 2.65 bits per heavy atom. The number of anilines is 2. The van der Waals surface area contributed by atoms with Gasteiger partial charge in [-0.1, -0.05) is 0 Å². The Morgan fingerprint density at radius 2 is 2.12 bits per heavy atom. The van der Waals surface area contributed by atoms with Gasteiger partial charge in [0.05, 0.1) is 12.7 Å². The maximum absolute atomic E-state index is 11.6. The summed E-state index contributed by atoms with van der Waals surface area (Å²) in [5.74, 6) is -0.393. The number of aryl methyl sites for hydroxylation is 1. The molecule has 92 valence electrons. The number of methoxy groups -OCH3 is 1. The zero-order chi connectivity index (χ0) is 12.6. The molecule has 2 rings (SSSR count). The summed E-state index contributed by atoms with van der Waals surface area (Å²) < 4.78 is 4.73. The molecule has 0 atom stereocenters. The van der Waals surface area contributed by atoms with Gasteiger partial charge >= 0.3 is 5.97 Å². The fourth-order valence-corrected chi connectivity index (χ4v) is 1.81. The number of carbonyl (C=O) groups is 1. The average Bonchev–Trinajstić information content (AvgIpc) is 3.00. The van der Waals surface area contributed by atoms with E-state index in [-0.39, 0.29) is 5.54 Å². The number of carbonyl (C=O) groups excluding carboxylic acids is 1. The molecule has 0 heterocycles. The van der Waals surface area contributed by atoms with Gasteiger partial charge in [-0.2, -0.15) is 0 Å². The quantitative estimate of drug-likeness (QED) is 0.622. The molecule has 4 nitrogen and oxygen atoms in total. The van der Waals surface area contributed by atoms with Crippen LogP contribution >= 0.6 is 0 Å². The van der Waals surface area contributed by atoms with Crippen LogP contribution in [0.15, 0.2) is 12.1 Å². The minimum atomic E-state index is -0.393. The van der Waals surface area contributed by atoms with Gasteiger partial charge in [0, 0.05) is 16.9 Å². The number of hydrogen-bond acceptors (Lipinski definition) is 4. The van der Waals surface area contributed by atoms with Crippen LogP contribution in [0.3, 0.4) is 0 Å². The van der Waals surface area contributed by atoms with E-state index in [0.29, 0.717) is 11.3 Å². The first-order valence-electron chi connectivity index (χ1n) is 5.72.